The van der Waals surface area contributed by atoms with Crippen molar-refractivity contribution in [2.45, 2.75) is 70.1 Å². The summed E-state index contributed by atoms with van der Waals surface area (Å²) in [6.07, 6.45) is 10.7. The zero-order chi connectivity index (χ0) is 18.4. The average molecular weight is 323 g/mol. The van der Waals surface area contributed by atoms with Gasteiger partial charge >= 0.3 is 0 Å². The molecule has 0 bridgehead atoms. The van der Waals surface area contributed by atoms with Gasteiger partial charge in [-0.2, -0.15) is 0 Å². The zero-order valence-electron chi connectivity index (χ0n) is 17.1. The van der Waals surface area contributed by atoms with Gasteiger partial charge in [-0.05, 0) is 67.7 Å². The zero-order valence-corrected chi connectivity index (χ0v) is 15.1. The van der Waals surface area contributed by atoms with Crippen LogP contribution in [-0.2, 0) is 7.05 Å². The molecule has 2 saturated carbocycles. The molecule has 2 fully saturated rings. The van der Waals surface area contributed by atoms with E-state index in [2.05, 4.69) is 55.1 Å². The smallest absolute Gasteiger partial charge is 0.201 e. The monoisotopic (exact) mass is 322 g/mol. The van der Waals surface area contributed by atoms with E-state index in [-0.39, 0.29) is 0 Å². The molecule has 0 aliphatic heterocycles. The summed E-state index contributed by atoms with van der Waals surface area (Å²) >= 11 is 0. The normalized spacial score (nSPS) is 23.1. The Morgan fingerprint density at radius 2 is 1.46 bits per heavy atom. The first-order valence-electron chi connectivity index (χ1n) is 10.5. The Balaban J connectivity index is 1.73. The van der Waals surface area contributed by atoms with Crippen LogP contribution in [0.1, 0.15) is 82.6 Å². The Hall–Kier alpha value is -1.63. The van der Waals surface area contributed by atoms with Crippen LogP contribution in [0.25, 0.3) is 11.3 Å². The molecule has 1 nitrogen and oxygen atoms in total. The second kappa shape index (κ2) is 6.70. The van der Waals surface area contributed by atoms with E-state index in [1.54, 1.807) is 0 Å². The summed E-state index contributed by atoms with van der Waals surface area (Å²) in [6, 6.07) is 10.9. The van der Waals surface area contributed by atoms with Gasteiger partial charge in [0, 0.05) is 19.9 Å². The fourth-order valence-corrected chi connectivity index (χ4v) is 4.40. The Bertz CT molecular complexity index is 815. The lowest BCUT2D eigenvalue weighted by atomic mass is 9.92. The van der Waals surface area contributed by atoms with Gasteiger partial charge in [-0.15, -0.1) is 0 Å². The van der Waals surface area contributed by atoms with E-state index < -0.39 is 11.8 Å². The third kappa shape index (κ3) is 3.01. The molecule has 0 N–H and O–H groups in total. The van der Waals surface area contributed by atoms with Crippen LogP contribution in [0.5, 0.6) is 0 Å². The van der Waals surface area contributed by atoms with Gasteiger partial charge < -0.3 is 0 Å². The van der Waals surface area contributed by atoms with Crippen molar-refractivity contribution < 1.29 is 7.31 Å². The van der Waals surface area contributed by atoms with Crippen molar-refractivity contribution in [2.24, 2.45) is 7.05 Å². The van der Waals surface area contributed by atoms with Crippen LogP contribution in [0.2, 0.25) is 0 Å². The van der Waals surface area contributed by atoms with Gasteiger partial charge in [0.05, 0.1) is 0 Å². The van der Waals surface area contributed by atoms with Crippen LogP contribution in [0.4, 0.5) is 0 Å². The van der Waals surface area contributed by atoms with E-state index in [9.17, 15) is 0 Å². The summed E-state index contributed by atoms with van der Waals surface area (Å²) in [7, 11) is 2.09. The Kier molecular flexibility index (Phi) is 3.81. The third-order valence-electron chi connectivity index (χ3n) is 5.88. The first-order chi connectivity index (χ1) is 12.4. The molecule has 126 valence electrons. The number of rotatable bonds is 3. The largest absolute Gasteiger partial charge is 0.212 e. The minimum absolute atomic E-state index is 0.401. The molecule has 1 aromatic carbocycles. The highest BCUT2D eigenvalue weighted by molar-refractivity contribution is 5.62. The van der Waals surface area contributed by atoms with Crippen LogP contribution >= 0.6 is 0 Å². The van der Waals surface area contributed by atoms with Gasteiger partial charge in [0.15, 0.2) is 6.20 Å². The standard InChI is InChI=1S/C23H30N/c1-17-11-12-20(18-7-3-4-8-18)15-22(17)23-14-13-21(16-24(23)2)19-9-5-6-10-19/h11-16,18-19H,3-10H2,1-2H3/q+1/i18D,19D. The predicted molar refractivity (Wildman–Crippen MR) is 100 cm³/mol. The van der Waals surface area contributed by atoms with E-state index in [0.29, 0.717) is 0 Å². The molecule has 1 heterocycles. The van der Waals surface area contributed by atoms with Crippen LogP contribution < -0.4 is 4.57 Å². The molecule has 0 atom stereocenters. The fourth-order valence-electron chi connectivity index (χ4n) is 4.40. The highest BCUT2D eigenvalue weighted by Gasteiger charge is 2.23. The molecular weight excluding hydrogens is 290 g/mol. The second-order valence-corrected chi connectivity index (χ2v) is 7.56. The molecule has 0 spiro atoms. The summed E-state index contributed by atoms with van der Waals surface area (Å²) in [4.78, 5) is 0. The number of hydrogen-bond donors (Lipinski definition) is 0. The van der Waals surface area contributed by atoms with Crippen LogP contribution in [0.3, 0.4) is 0 Å². The van der Waals surface area contributed by atoms with Gasteiger partial charge in [0.25, 0.3) is 0 Å². The maximum absolute atomic E-state index is 8.85. The molecule has 0 amide bonds. The van der Waals surface area contributed by atoms with Crippen molar-refractivity contribution in [2.75, 3.05) is 0 Å². The molecule has 2 aliphatic rings. The number of benzene rings is 1. The van der Waals surface area contributed by atoms with Crippen LogP contribution in [0.15, 0.2) is 36.5 Å². The van der Waals surface area contributed by atoms with E-state index in [0.717, 1.165) is 36.8 Å². The lowest BCUT2D eigenvalue weighted by molar-refractivity contribution is -0.660. The summed E-state index contributed by atoms with van der Waals surface area (Å²) in [5.74, 6) is -0.807. The van der Waals surface area contributed by atoms with Crippen LogP contribution in [0, 0.1) is 6.92 Å². The molecule has 0 saturated heterocycles. The lowest BCUT2D eigenvalue weighted by Gasteiger charge is -2.14. The molecule has 1 aromatic heterocycles. The second-order valence-electron chi connectivity index (χ2n) is 7.56. The van der Waals surface area contributed by atoms with Gasteiger partial charge in [-0.25, -0.2) is 4.57 Å². The molecule has 4 rings (SSSR count). The molecule has 0 radical (unpaired) electrons. The lowest BCUT2D eigenvalue weighted by Crippen LogP contribution is -2.31. The third-order valence-corrected chi connectivity index (χ3v) is 5.88. The van der Waals surface area contributed by atoms with Crippen molar-refractivity contribution in [3.63, 3.8) is 0 Å². The topological polar surface area (TPSA) is 3.88 Å². The SMILES string of the molecule is [2H]C1(c2ccc(C)c(-c3ccc(C4([2H])CCCC4)c[n+]3C)c2)CCCC1. The fraction of sp³-hybridized carbons (Fsp3) is 0.522. The minimum Gasteiger partial charge on any atom is -0.201 e. The number of nitrogens with zero attached hydrogens (tertiary/aromatic N) is 1. The Morgan fingerprint density at radius 3 is 2.08 bits per heavy atom. The first kappa shape index (κ1) is 13.6. The number of pyridine rings is 1. The number of aryl methyl sites for hydroxylation is 2. The number of hydrogen-bond acceptors (Lipinski definition) is 0. The van der Waals surface area contributed by atoms with Gasteiger partial charge in [-0.1, -0.05) is 37.8 Å². The Morgan fingerprint density at radius 1 is 0.875 bits per heavy atom. The van der Waals surface area contributed by atoms with Gasteiger partial charge in [-0.3, -0.25) is 0 Å². The van der Waals surface area contributed by atoms with Crippen molar-refractivity contribution in [1.82, 2.24) is 0 Å². The molecule has 2 aliphatic carbocycles. The van der Waals surface area contributed by atoms with Crippen molar-refractivity contribution in [1.29, 1.82) is 0 Å². The predicted octanol–water partition coefficient (Wildman–Crippen LogP) is 5.80. The molecule has 0 unspecified atom stereocenters. The highest BCUT2D eigenvalue weighted by Crippen LogP contribution is 2.37. The number of aromatic nitrogens is 1. The van der Waals surface area contributed by atoms with Crippen LogP contribution in [-0.4, -0.2) is 0 Å². The maximum Gasteiger partial charge on any atom is 0.212 e. The molecular formula is C23H30N+. The van der Waals surface area contributed by atoms with Crippen molar-refractivity contribution in [3.05, 3.63) is 53.2 Å². The Labute approximate surface area is 149 Å². The molecule has 24 heavy (non-hydrogen) atoms. The average Bonchev–Trinajstić information content (AvgIpc) is 3.26. The molecule has 2 aromatic rings. The molecule has 1 heteroatoms. The summed E-state index contributed by atoms with van der Waals surface area (Å²) in [6.45, 7) is 2.15. The van der Waals surface area contributed by atoms with E-state index in [1.807, 2.05) is 0 Å². The van der Waals surface area contributed by atoms with Crippen molar-refractivity contribution >= 4 is 0 Å². The summed E-state index contributed by atoms with van der Waals surface area (Å²) in [5, 5.41) is 0. The first-order valence-corrected chi connectivity index (χ1v) is 9.53. The quantitative estimate of drug-likeness (QED) is 0.629. The summed E-state index contributed by atoms with van der Waals surface area (Å²) in [5.41, 5.74) is 5.95. The highest BCUT2D eigenvalue weighted by atomic mass is 14.9. The summed E-state index contributed by atoms with van der Waals surface area (Å²) < 4.78 is 19.8. The van der Waals surface area contributed by atoms with E-state index in [1.165, 1.54) is 42.5 Å². The minimum atomic E-state index is -0.407. The van der Waals surface area contributed by atoms with Gasteiger partial charge in [0.2, 0.25) is 5.69 Å². The maximum atomic E-state index is 8.85. The van der Waals surface area contributed by atoms with Crippen molar-refractivity contribution in [3.8, 4) is 11.3 Å². The van der Waals surface area contributed by atoms with E-state index >= 15 is 0 Å². The van der Waals surface area contributed by atoms with E-state index in [4.69, 9.17) is 2.74 Å². The van der Waals surface area contributed by atoms with Gasteiger partial charge in [0.1, 0.15) is 7.05 Å².